The summed E-state index contributed by atoms with van der Waals surface area (Å²) in [4.78, 5) is 76.1. The third-order valence-corrected chi connectivity index (χ3v) is 8.75. The van der Waals surface area contributed by atoms with Gasteiger partial charge in [0.25, 0.3) is 5.91 Å². The third-order valence-electron chi connectivity index (χ3n) is 5.40. The van der Waals surface area contributed by atoms with Gasteiger partial charge in [-0.25, -0.2) is 0 Å². The first-order chi connectivity index (χ1) is 20.4. The van der Waals surface area contributed by atoms with E-state index >= 15 is 0 Å². The number of thioether (sulfide) groups is 1. The monoisotopic (exact) mass is 788 g/mol. The number of benzene rings is 2. The molecule has 2 rings (SSSR count). The van der Waals surface area contributed by atoms with E-state index in [9.17, 15) is 47.3 Å². The summed E-state index contributed by atoms with van der Waals surface area (Å²) in [6, 6.07) is 9.42. The second-order valence-corrected chi connectivity index (χ2v) is 13.2. The number of carbonyl (C=O) groups excluding carboxylic acids is 6. The van der Waals surface area contributed by atoms with Gasteiger partial charge in [0, 0.05) is 15.6 Å². The number of hydrogen-bond donors (Lipinski definition) is 6. The molecule has 0 saturated carbocycles. The zero-order chi connectivity index (χ0) is 31.9. The second-order valence-electron chi connectivity index (χ2n) is 8.58. The van der Waals surface area contributed by atoms with Gasteiger partial charge in [-0.2, -0.15) is 0 Å². The van der Waals surface area contributed by atoms with Crippen LogP contribution in [0.1, 0.15) is 23.2 Å². The SMILES string of the molecule is O=C([O-])CNC(=O)[C@H](CSCC(=O)Nc1ccc([As](O)O)cc1)NC(=O)CC[C@H](NC(=O)c1ccc([123I])cc1)C(=O)O[O-]. The van der Waals surface area contributed by atoms with Gasteiger partial charge in [0.05, 0.1) is 12.5 Å². The van der Waals surface area contributed by atoms with Crippen LogP contribution < -0.4 is 36.0 Å². The zero-order valence-corrected chi connectivity index (χ0v) is 27.0. The fraction of sp³-hybridized carbons (Fsp3) is 0.280. The zero-order valence-electron chi connectivity index (χ0n) is 22.1. The maximum atomic E-state index is 12.6. The van der Waals surface area contributed by atoms with Gasteiger partial charge >= 0.3 is 136 Å². The summed E-state index contributed by atoms with van der Waals surface area (Å²) in [6.07, 6.45) is -0.801. The fourth-order valence-corrected chi connectivity index (χ4v) is 5.38. The van der Waals surface area contributed by atoms with E-state index in [0.717, 1.165) is 15.3 Å². The maximum absolute atomic E-state index is 12.6. The molecule has 0 unspecified atom stereocenters. The van der Waals surface area contributed by atoms with Crippen molar-refractivity contribution >= 4 is 95.3 Å². The van der Waals surface area contributed by atoms with E-state index in [1.54, 1.807) is 12.1 Å². The molecule has 0 heterocycles. The van der Waals surface area contributed by atoms with Crippen molar-refractivity contribution in [1.29, 1.82) is 0 Å². The Balaban J connectivity index is 1.96. The van der Waals surface area contributed by atoms with E-state index in [1.165, 1.54) is 36.4 Å². The van der Waals surface area contributed by atoms with Crippen LogP contribution in [0.25, 0.3) is 0 Å². The van der Waals surface area contributed by atoms with E-state index in [2.05, 4.69) is 26.2 Å². The summed E-state index contributed by atoms with van der Waals surface area (Å²) in [6.45, 7) is -0.833. The molecule has 4 amide bonds. The Morgan fingerprint density at radius 3 is 2.16 bits per heavy atom. The van der Waals surface area contributed by atoms with Crippen LogP contribution in [0, 0.1) is 3.57 Å². The van der Waals surface area contributed by atoms with Gasteiger partial charge in [-0.1, -0.05) is 0 Å². The number of carboxylic acids is 1. The van der Waals surface area contributed by atoms with Gasteiger partial charge in [-0.15, -0.1) is 0 Å². The van der Waals surface area contributed by atoms with Crippen LogP contribution in [-0.4, -0.2) is 89.2 Å². The molecule has 2 aromatic carbocycles. The Kier molecular flexibility index (Phi) is 15.4. The minimum atomic E-state index is -3.04. The number of anilines is 1. The molecule has 0 radical (unpaired) electrons. The van der Waals surface area contributed by atoms with Gasteiger partial charge in [0.2, 0.25) is 0 Å². The summed E-state index contributed by atoms with van der Waals surface area (Å²) < 4.78 is 19.8. The van der Waals surface area contributed by atoms with Gasteiger partial charge in [0.1, 0.15) is 6.04 Å². The summed E-state index contributed by atoms with van der Waals surface area (Å²) in [5.41, 5.74) is 0.587. The van der Waals surface area contributed by atoms with E-state index < -0.39 is 76.0 Å². The molecular formula is C25H26AsIN4O11S-2. The van der Waals surface area contributed by atoms with E-state index in [0.29, 0.717) is 10.0 Å². The van der Waals surface area contributed by atoms with Gasteiger partial charge < -0.3 is 25.4 Å². The molecule has 232 valence electrons. The average molecular weight is 788 g/mol. The first kappa shape index (κ1) is 36.0. The molecule has 0 aromatic heterocycles. The Bertz CT molecular complexity index is 1300. The summed E-state index contributed by atoms with van der Waals surface area (Å²) >= 11 is -0.0587. The number of aliphatic carboxylic acids is 1. The predicted molar refractivity (Wildman–Crippen MR) is 158 cm³/mol. The normalized spacial score (nSPS) is 12.0. The molecular weight excluding hydrogens is 762 g/mol. The molecule has 0 aliphatic rings. The first-order valence-corrected chi connectivity index (χ1v) is 17.1. The van der Waals surface area contributed by atoms with Crippen LogP contribution in [0.2, 0.25) is 0 Å². The molecule has 43 heavy (non-hydrogen) atoms. The number of halogens is 1. The minimum absolute atomic E-state index is 0.158. The second kappa shape index (κ2) is 18.4. The number of carboxylic acid groups (broad SMARTS) is 1. The predicted octanol–water partition coefficient (Wildman–Crippen LogP) is -3.61. The third kappa shape index (κ3) is 13.3. The summed E-state index contributed by atoms with van der Waals surface area (Å²) in [5.74, 6) is -6.04. The molecule has 2 aromatic rings. The van der Waals surface area contributed by atoms with Crippen molar-refractivity contribution in [2.45, 2.75) is 24.9 Å². The van der Waals surface area contributed by atoms with Crippen molar-refractivity contribution in [3.63, 3.8) is 0 Å². The van der Waals surface area contributed by atoms with Crippen molar-refractivity contribution in [3.05, 3.63) is 57.7 Å². The molecule has 0 aliphatic carbocycles. The van der Waals surface area contributed by atoms with Crippen LogP contribution in [0.3, 0.4) is 0 Å². The Morgan fingerprint density at radius 1 is 0.930 bits per heavy atom. The summed E-state index contributed by atoms with van der Waals surface area (Å²) in [7, 11) is 0. The van der Waals surface area contributed by atoms with Crippen molar-refractivity contribution in [2.24, 2.45) is 0 Å². The fourth-order valence-electron chi connectivity index (χ4n) is 3.30. The quantitative estimate of drug-likeness (QED) is 0.0418. The van der Waals surface area contributed by atoms with Crippen molar-refractivity contribution < 1.29 is 52.2 Å². The molecule has 0 spiro atoms. The van der Waals surface area contributed by atoms with Crippen LogP contribution in [-0.2, 0) is 28.9 Å². The van der Waals surface area contributed by atoms with E-state index in [1.807, 2.05) is 22.6 Å². The Morgan fingerprint density at radius 2 is 1.58 bits per heavy atom. The minimum Gasteiger partial charge on any atom is -0.662 e. The van der Waals surface area contributed by atoms with E-state index in [4.69, 9.17) is 0 Å². The van der Waals surface area contributed by atoms with Gasteiger partial charge in [0.15, 0.2) is 0 Å². The van der Waals surface area contributed by atoms with Crippen molar-refractivity contribution in [2.75, 3.05) is 23.4 Å². The van der Waals surface area contributed by atoms with E-state index in [-0.39, 0.29) is 23.5 Å². The van der Waals surface area contributed by atoms with Crippen molar-refractivity contribution in [3.8, 4) is 0 Å². The Hall–Kier alpha value is -3.22. The average Bonchev–Trinajstić information content (AvgIpc) is 2.97. The number of hydrogen-bond acceptors (Lipinski definition) is 12. The van der Waals surface area contributed by atoms with Crippen molar-refractivity contribution in [1.82, 2.24) is 16.0 Å². The number of amides is 4. The van der Waals surface area contributed by atoms with Crippen LogP contribution in [0.5, 0.6) is 0 Å². The number of nitrogens with one attached hydrogen (secondary N) is 4. The molecule has 6 N–H and O–H groups in total. The molecule has 0 fully saturated rings. The molecule has 0 saturated heterocycles. The smallest absolute Gasteiger partial charge is 0.662 e. The van der Waals surface area contributed by atoms with Gasteiger partial charge in [-0.05, 0) is 53.3 Å². The van der Waals surface area contributed by atoms with Crippen LogP contribution in [0.4, 0.5) is 5.69 Å². The number of rotatable bonds is 16. The van der Waals surface area contributed by atoms with Gasteiger partial charge in [-0.3, -0.25) is 14.4 Å². The Labute approximate surface area is 268 Å². The van der Waals surface area contributed by atoms with Crippen LogP contribution >= 0.6 is 34.4 Å². The molecule has 2 atom stereocenters. The molecule has 0 bridgehead atoms. The molecule has 15 nitrogen and oxygen atoms in total. The topological polar surface area (TPSA) is 246 Å². The standard InChI is InChI=1S/C25H28AsIN4O11S/c27-16-5-1-14(2-6-16)23(36)31-18(25(38)42-41)9-10-20(32)30-19(24(37)28-11-22(34)35)12-43-13-21(33)29-17-7-3-15(4-8-17)26(39)40/h1-8,18-19,39-41H,9-13H2,(H,28,37)(H,29,33)(H,30,32)(H,31,36)(H,34,35)/p-2/t18-,19-/m0/s1/i27-4. The number of carbonyl (C=O) groups is 6. The molecule has 18 heteroatoms. The summed E-state index contributed by atoms with van der Waals surface area (Å²) in [5, 5.41) is 30.9. The molecule has 0 aliphatic heterocycles. The first-order valence-electron chi connectivity index (χ1n) is 12.2. The van der Waals surface area contributed by atoms with Crippen LogP contribution in [0.15, 0.2) is 48.5 Å².